The summed E-state index contributed by atoms with van der Waals surface area (Å²) in [6, 6.07) is 21.1. The van der Waals surface area contributed by atoms with Crippen molar-refractivity contribution in [3.8, 4) is 5.75 Å². The molecule has 0 spiro atoms. The van der Waals surface area contributed by atoms with Gasteiger partial charge in [-0.25, -0.2) is 13.6 Å². The highest BCUT2D eigenvalue weighted by molar-refractivity contribution is 5.70. The Morgan fingerprint density at radius 2 is 1.45 bits per heavy atom. The predicted octanol–water partition coefficient (Wildman–Crippen LogP) is 5.82. The van der Waals surface area contributed by atoms with Crippen LogP contribution < -0.4 is 4.74 Å². The van der Waals surface area contributed by atoms with E-state index in [1.165, 1.54) is 29.2 Å². The zero-order valence-electron chi connectivity index (χ0n) is 23.9. The molecule has 1 atom stereocenters. The summed E-state index contributed by atoms with van der Waals surface area (Å²) in [7, 11) is 3.83. The second kappa shape index (κ2) is 13.8. The zero-order valence-corrected chi connectivity index (χ0v) is 23.9. The van der Waals surface area contributed by atoms with Gasteiger partial charge in [-0.05, 0) is 74.0 Å². The lowest BCUT2D eigenvalue weighted by atomic mass is 9.96. The fraction of sp³-hybridized carbons (Fsp3) is 0.406. The number of amides is 1. The van der Waals surface area contributed by atoms with Crippen molar-refractivity contribution in [2.45, 2.75) is 25.9 Å². The fourth-order valence-electron chi connectivity index (χ4n) is 5.04. The van der Waals surface area contributed by atoms with Crippen LogP contribution in [0.5, 0.6) is 5.75 Å². The third-order valence-electron chi connectivity index (χ3n) is 7.91. The first-order valence-electron chi connectivity index (χ1n) is 14.0. The summed E-state index contributed by atoms with van der Waals surface area (Å²) in [6.45, 7) is 10.0. The molecule has 1 saturated heterocycles. The van der Waals surface area contributed by atoms with Crippen molar-refractivity contribution < 1.29 is 18.3 Å². The molecule has 3 aromatic carbocycles. The van der Waals surface area contributed by atoms with E-state index in [4.69, 9.17) is 4.74 Å². The molecule has 0 aromatic heterocycles. The van der Waals surface area contributed by atoms with Crippen LogP contribution in [0.25, 0.3) is 0 Å². The highest BCUT2D eigenvalue weighted by atomic mass is 19.1. The lowest BCUT2D eigenvalue weighted by Gasteiger charge is -2.40. The summed E-state index contributed by atoms with van der Waals surface area (Å²) in [6.07, 6.45) is -0.360. The predicted molar refractivity (Wildman–Crippen MR) is 154 cm³/mol. The molecule has 0 radical (unpaired) electrons. The van der Waals surface area contributed by atoms with Crippen molar-refractivity contribution in [1.29, 1.82) is 0 Å². The van der Waals surface area contributed by atoms with E-state index in [1.807, 2.05) is 49.4 Å². The molecule has 1 amide bonds. The van der Waals surface area contributed by atoms with E-state index in [2.05, 4.69) is 34.7 Å². The summed E-state index contributed by atoms with van der Waals surface area (Å²) < 4.78 is 32.8. The molecule has 1 unspecified atom stereocenters. The maximum absolute atomic E-state index is 13.6. The Morgan fingerprint density at radius 3 is 2.00 bits per heavy atom. The summed E-state index contributed by atoms with van der Waals surface area (Å²) in [5, 5.41) is 0. The number of carbonyl (C=O) groups is 1. The second-order valence-electron chi connectivity index (χ2n) is 10.5. The van der Waals surface area contributed by atoms with Gasteiger partial charge in [0.2, 0.25) is 0 Å². The molecule has 4 rings (SSSR count). The summed E-state index contributed by atoms with van der Waals surface area (Å²) >= 11 is 0. The van der Waals surface area contributed by atoms with Crippen LogP contribution in [0.4, 0.5) is 13.6 Å². The Hall–Kier alpha value is -3.33. The standard InChI is InChI=1S/C32H40F2N4O2/c1-5-35(3)32(39)40-30-8-6-7-27(23-30)24(2)36(4)17-18-37-19-21-38(22-20-37)31(25-9-13-28(33)14-10-25)26-11-15-29(34)16-12-26/h6-16,23-24,31H,5,17-22H2,1-4H3. The van der Waals surface area contributed by atoms with Crippen molar-refractivity contribution in [1.82, 2.24) is 19.6 Å². The number of hydrogen-bond acceptors (Lipinski definition) is 5. The third kappa shape index (κ3) is 7.65. The number of piperazine rings is 1. The number of benzene rings is 3. The molecule has 0 N–H and O–H groups in total. The normalized spacial score (nSPS) is 15.4. The van der Waals surface area contributed by atoms with Gasteiger partial charge in [0, 0.05) is 58.9 Å². The monoisotopic (exact) mass is 550 g/mol. The Bertz CT molecular complexity index is 1180. The molecule has 8 heteroatoms. The Labute approximate surface area is 236 Å². The van der Waals surface area contributed by atoms with Crippen molar-refractivity contribution in [3.05, 3.63) is 101 Å². The van der Waals surface area contributed by atoms with Crippen molar-refractivity contribution >= 4 is 6.09 Å². The minimum atomic E-state index is -0.360. The van der Waals surface area contributed by atoms with Gasteiger partial charge in [-0.15, -0.1) is 0 Å². The lowest BCUT2D eigenvalue weighted by Crippen LogP contribution is -2.49. The molecule has 1 heterocycles. The van der Waals surface area contributed by atoms with E-state index >= 15 is 0 Å². The number of carbonyl (C=O) groups excluding carboxylic acids is 1. The minimum absolute atomic E-state index is 0.0514. The molecule has 3 aromatic rings. The Morgan fingerprint density at radius 1 is 0.875 bits per heavy atom. The summed E-state index contributed by atoms with van der Waals surface area (Å²) in [4.78, 5) is 20.8. The van der Waals surface area contributed by atoms with Gasteiger partial charge < -0.3 is 9.64 Å². The van der Waals surface area contributed by atoms with Crippen LogP contribution in [-0.4, -0.2) is 85.6 Å². The molecule has 0 bridgehead atoms. The highest BCUT2D eigenvalue weighted by Crippen LogP contribution is 2.30. The quantitative estimate of drug-likeness (QED) is 0.318. The van der Waals surface area contributed by atoms with E-state index in [-0.39, 0.29) is 29.8 Å². The van der Waals surface area contributed by atoms with Gasteiger partial charge in [-0.2, -0.15) is 0 Å². The lowest BCUT2D eigenvalue weighted by molar-refractivity contribution is 0.0979. The zero-order chi connectivity index (χ0) is 28.6. The second-order valence-corrected chi connectivity index (χ2v) is 10.5. The van der Waals surface area contributed by atoms with Crippen LogP contribution in [0.3, 0.4) is 0 Å². The van der Waals surface area contributed by atoms with Crippen LogP contribution in [0.1, 0.15) is 42.6 Å². The largest absolute Gasteiger partial charge is 0.414 e. The highest BCUT2D eigenvalue weighted by Gasteiger charge is 2.27. The fourth-order valence-corrected chi connectivity index (χ4v) is 5.04. The molecule has 1 aliphatic rings. The van der Waals surface area contributed by atoms with Gasteiger partial charge in [-0.1, -0.05) is 36.4 Å². The van der Waals surface area contributed by atoms with Gasteiger partial charge in [-0.3, -0.25) is 14.7 Å². The van der Waals surface area contributed by atoms with Crippen LogP contribution in [-0.2, 0) is 0 Å². The maximum atomic E-state index is 13.6. The van der Waals surface area contributed by atoms with Gasteiger partial charge in [0.1, 0.15) is 17.4 Å². The molecular weight excluding hydrogens is 510 g/mol. The van der Waals surface area contributed by atoms with Gasteiger partial charge in [0.05, 0.1) is 6.04 Å². The van der Waals surface area contributed by atoms with Gasteiger partial charge in [0.15, 0.2) is 0 Å². The number of halogens is 2. The molecular formula is C32H40F2N4O2. The number of ether oxygens (including phenoxy) is 1. The van der Waals surface area contributed by atoms with Gasteiger partial charge in [0.25, 0.3) is 0 Å². The molecule has 1 fully saturated rings. The van der Waals surface area contributed by atoms with Crippen LogP contribution in [0, 0.1) is 11.6 Å². The maximum Gasteiger partial charge on any atom is 0.414 e. The first kappa shape index (κ1) is 29.6. The van der Waals surface area contributed by atoms with E-state index in [0.29, 0.717) is 12.3 Å². The smallest absolute Gasteiger partial charge is 0.410 e. The van der Waals surface area contributed by atoms with Crippen molar-refractivity contribution in [2.24, 2.45) is 0 Å². The first-order chi connectivity index (χ1) is 19.2. The van der Waals surface area contributed by atoms with Crippen molar-refractivity contribution in [3.63, 3.8) is 0 Å². The molecule has 40 heavy (non-hydrogen) atoms. The van der Waals surface area contributed by atoms with E-state index in [9.17, 15) is 13.6 Å². The van der Waals surface area contributed by atoms with E-state index in [0.717, 1.165) is 56.0 Å². The molecule has 1 aliphatic heterocycles. The first-order valence-corrected chi connectivity index (χ1v) is 14.0. The minimum Gasteiger partial charge on any atom is -0.410 e. The van der Waals surface area contributed by atoms with Crippen LogP contribution in [0.15, 0.2) is 72.8 Å². The van der Waals surface area contributed by atoms with Gasteiger partial charge >= 0.3 is 6.09 Å². The van der Waals surface area contributed by atoms with Crippen LogP contribution >= 0.6 is 0 Å². The van der Waals surface area contributed by atoms with Crippen molar-refractivity contribution in [2.75, 3.05) is 59.9 Å². The Balaban J connectivity index is 1.32. The topological polar surface area (TPSA) is 39.3 Å². The Kier molecular flexibility index (Phi) is 10.3. The number of rotatable bonds is 10. The third-order valence-corrected chi connectivity index (χ3v) is 7.91. The summed E-state index contributed by atoms with van der Waals surface area (Å²) in [5.41, 5.74) is 3.10. The average Bonchev–Trinajstić information content (AvgIpc) is 2.98. The number of hydrogen-bond donors (Lipinski definition) is 0. The van der Waals surface area contributed by atoms with E-state index < -0.39 is 0 Å². The molecule has 0 saturated carbocycles. The number of nitrogens with zero attached hydrogens (tertiary/aromatic N) is 4. The summed E-state index contributed by atoms with van der Waals surface area (Å²) in [5.74, 6) is 0.0271. The SMILES string of the molecule is CCN(C)C(=O)Oc1cccc(C(C)N(C)CCN2CCN(C(c3ccc(F)cc3)c3ccc(F)cc3)CC2)c1. The molecule has 6 nitrogen and oxygen atoms in total. The molecule has 214 valence electrons. The van der Waals surface area contributed by atoms with Crippen LogP contribution in [0.2, 0.25) is 0 Å². The molecule has 0 aliphatic carbocycles. The average molecular weight is 551 g/mol. The number of likely N-dealkylation sites (N-methyl/N-ethyl adjacent to an activating group) is 1. The van der Waals surface area contributed by atoms with E-state index in [1.54, 1.807) is 7.05 Å².